The third kappa shape index (κ3) is 1.12. The molecular formula is C12H17N3. The maximum atomic E-state index is 4.23. The lowest BCUT2D eigenvalue weighted by Crippen LogP contribution is -2.46. The molecule has 0 amide bonds. The van der Waals surface area contributed by atoms with Gasteiger partial charge in [-0.2, -0.15) is 0 Å². The van der Waals surface area contributed by atoms with Gasteiger partial charge in [0.05, 0.1) is 12.2 Å². The number of hydrogen-bond donors (Lipinski definition) is 0. The lowest BCUT2D eigenvalue weighted by molar-refractivity contribution is -0.0342. The summed E-state index contributed by atoms with van der Waals surface area (Å²) in [6.45, 7) is 0. The molecule has 3 nitrogen and oxygen atoms in total. The van der Waals surface area contributed by atoms with E-state index in [0.717, 1.165) is 23.7 Å². The predicted molar refractivity (Wildman–Crippen MR) is 56.1 cm³/mol. The first kappa shape index (κ1) is 8.31. The average Bonchev–Trinajstić information content (AvgIpc) is 2.69. The predicted octanol–water partition coefficient (Wildman–Crippen LogP) is 2.28. The second kappa shape index (κ2) is 2.83. The van der Waals surface area contributed by atoms with Crippen molar-refractivity contribution in [1.29, 1.82) is 0 Å². The molecule has 0 N–H and O–H groups in total. The van der Waals surface area contributed by atoms with Gasteiger partial charge in [-0.1, -0.05) is 5.21 Å². The van der Waals surface area contributed by atoms with Crippen LogP contribution < -0.4 is 0 Å². The van der Waals surface area contributed by atoms with Crippen LogP contribution in [-0.4, -0.2) is 15.0 Å². The highest BCUT2D eigenvalue weighted by Gasteiger charge is 2.49. The van der Waals surface area contributed by atoms with Crippen molar-refractivity contribution >= 4 is 0 Å². The summed E-state index contributed by atoms with van der Waals surface area (Å²) in [6, 6.07) is 0.681. The third-order valence-electron chi connectivity index (χ3n) is 4.92. The molecule has 4 aliphatic carbocycles. The fourth-order valence-electron chi connectivity index (χ4n) is 4.70. The average molecular weight is 203 g/mol. The molecule has 0 aromatic carbocycles. The molecule has 0 radical (unpaired) electrons. The van der Waals surface area contributed by atoms with Crippen molar-refractivity contribution in [1.82, 2.24) is 15.0 Å². The SMILES string of the molecule is c1cn(C2C3CC4CC(C3)CC2C4)nn1. The van der Waals surface area contributed by atoms with Crippen LogP contribution in [0.4, 0.5) is 0 Å². The molecule has 1 heterocycles. The minimum absolute atomic E-state index is 0.681. The molecule has 4 fully saturated rings. The Balaban J connectivity index is 1.71. The van der Waals surface area contributed by atoms with Gasteiger partial charge in [0.15, 0.2) is 0 Å². The summed E-state index contributed by atoms with van der Waals surface area (Å²) in [5.41, 5.74) is 0. The van der Waals surface area contributed by atoms with Gasteiger partial charge in [0, 0.05) is 6.20 Å². The summed E-state index contributed by atoms with van der Waals surface area (Å²) in [6.07, 6.45) is 11.2. The maximum Gasteiger partial charge on any atom is 0.0693 e. The molecule has 0 spiro atoms. The number of nitrogens with zero attached hydrogens (tertiary/aromatic N) is 3. The van der Waals surface area contributed by atoms with E-state index in [9.17, 15) is 0 Å². The Kier molecular flexibility index (Phi) is 1.57. The maximum absolute atomic E-state index is 4.23. The third-order valence-corrected chi connectivity index (χ3v) is 4.92. The van der Waals surface area contributed by atoms with Crippen LogP contribution in [0.3, 0.4) is 0 Å². The molecule has 4 saturated carbocycles. The smallest absolute Gasteiger partial charge is 0.0693 e. The molecule has 5 rings (SSSR count). The molecule has 0 unspecified atom stereocenters. The van der Waals surface area contributed by atoms with Crippen molar-refractivity contribution in [2.24, 2.45) is 23.7 Å². The summed E-state index contributed by atoms with van der Waals surface area (Å²) in [5, 5.41) is 8.20. The van der Waals surface area contributed by atoms with Crippen LogP contribution in [0.5, 0.6) is 0 Å². The Labute approximate surface area is 89.9 Å². The molecule has 15 heavy (non-hydrogen) atoms. The van der Waals surface area contributed by atoms with Crippen molar-refractivity contribution in [3.8, 4) is 0 Å². The topological polar surface area (TPSA) is 30.7 Å². The van der Waals surface area contributed by atoms with Gasteiger partial charge in [-0.15, -0.1) is 5.10 Å². The molecule has 80 valence electrons. The Morgan fingerprint density at radius 3 is 2.13 bits per heavy atom. The van der Waals surface area contributed by atoms with Crippen molar-refractivity contribution in [2.75, 3.05) is 0 Å². The monoisotopic (exact) mass is 203 g/mol. The van der Waals surface area contributed by atoms with Crippen LogP contribution in [0.25, 0.3) is 0 Å². The largest absolute Gasteiger partial charge is 0.249 e. The molecule has 1 aromatic heterocycles. The second-order valence-corrected chi connectivity index (χ2v) is 5.80. The highest BCUT2D eigenvalue weighted by atomic mass is 15.4. The molecule has 4 bridgehead atoms. The fraction of sp³-hybridized carbons (Fsp3) is 0.833. The molecule has 0 aliphatic heterocycles. The fourth-order valence-corrected chi connectivity index (χ4v) is 4.70. The Hall–Kier alpha value is -0.860. The summed E-state index contributed by atoms with van der Waals surface area (Å²) >= 11 is 0. The van der Waals surface area contributed by atoms with Crippen LogP contribution in [-0.2, 0) is 0 Å². The van der Waals surface area contributed by atoms with E-state index in [-0.39, 0.29) is 0 Å². The highest BCUT2D eigenvalue weighted by molar-refractivity contribution is 5.00. The highest BCUT2D eigenvalue weighted by Crippen LogP contribution is 2.57. The zero-order valence-corrected chi connectivity index (χ0v) is 8.92. The molecule has 1 aromatic rings. The molecule has 0 saturated heterocycles. The molecule has 0 atom stereocenters. The lowest BCUT2D eigenvalue weighted by atomic mass is 9.54. The lowest BCUT2D eigenvalue weighted by Gasteiger charge is -2.54. The van der Waals surface area contributed by atoms with E-state index in [0.29, 0.717) is 6.04 Å². The van der Waals surface area contributed by atoms with Crippen molar-refractivity contribution < 1.29 is 0 Å². The van der Waals surface area contributed by atoms with Crippen LogP contribution in [0.1, 0.15) is 38.1 Å². The van der Waals surface area contributed by atoms with E-state index in [1.807, 2.05) is 6.20 Å². The summed E-state index contributed by atoms with van der Waals surface area (Å²) in [7, 11) is 0. The molecule has 3 heteroatoms. The van der Waals surface area contributed by atoms with Gasteiger partial charge >= 0.3 is 0 Å². The zero-order valence-electron chi connectivity index (χ0n) is 8.92. The number of rotatable bonds is 1. The van der Waals surface area contributed by atoms with Gasteiger partial charge in [0.1, 0.15) is 0 Å². The minimum atomic E-state index is 0.681. The van der Waals surface area contributed by atoms with Crippen molar-refractivity contribution in [3.05, 3.63) is 12.4 Å². The first-order valence-corrected chi connectivity index (χ1v) is 6.26. The summed E-state index contributed by atoms with van der Waals surface area (Å²) in [5.74, 6) is 3.91. The summed E-state index contributed by atoms with van der Waals surface area (Å²) in [4.78, 5) is 0. The zero-order chi connectivity index (χ0) is 9.83. The second-order valence-electron chi connectivity index (χ2n) is 5.80. The van der Waals surface area contributed by atoms with E-state index in [4.69, 9.17) is 0 Å². The Morgan fingerprint density at radius 2 is 1.60 bits per heavy atom. The quantitative estimate of drug-likeness (QED) is 0.701. The molecule has 4 aliphatic rings. The van der Waals surface area contributed by atoms with E-state index in [2.05, 4.69) is 21.2 Å². The van der Waals surface area contributed by atoms with Crippen LogP contribution in [0.2, 0.25) is 0 Å². The van der Waals surface area contributed by atoms with Crippen LogP contribution >= 0.6 is 0 Å². The standard InChI is InChI=1S/C12H17N3/c1-2-15(14-13-1)12-10-4-8-3-9(6-10)7-11(12)5-8/h1-2,8-12H,3-7H2. The van der Waals surface area contributed by atoms with E-state index >= 15 is 0 Å². The van der Waals surface area contributed by atoms with Gasteiger partial charge in [-0.05, 0) is 55.8 Å². The van der Waals surface area contributed by atoms with Crippen LogP contribution in [0, 0.1) is 23.7 Å². The number of aromatic nitrogens is 3. The van der Waals surface area contributed by atoms with E-state index < -0.39 is 0 Å². The van der Waals surface area contributed by atoms with Gasteiger partial charge in [-0.3, -0.25) is 0 Å². The Morgan fingerprint density at radius 1 is 0.933 bits per heavy atom. The first-order chi connectivity index (χ1) is 7.40. The normalized spacial score (nSPS) is 47.3. The van der Waals surface area contributed by atoms with Crippen LogP contribution in [0.15, 0.2) is 12.4 Å². The van der Waals surface area contributed by atoms with Gasteiger partial charge in [0.2, 0.25) is 0 Å². The van der Waals surface area contributed by atoms with Gasteiger partial charge < -0.3 is 0 Å². The summed E-state index contributed by atoms with van der Waals surface area (Å²) < 4.78 is 2.15. The first-order valence-electron chi connectivity index (χ1n) is 6.26. The van der Waals surface area contributed by atoms with Crippen molar-refractivity contribution in [3.63, 3.8) is 0 Å². The van der Waals surface area contributed by atoms with Gasteiger partial charge in [0.25, 0.3) is 0 Å². The van der Waals surface area contributed by atoms with Gasteiger partial charge in [-0.25, -0.2) is 4.68 Å². The van der Waals surface area contributed by atoms with E-state index in [1.54, 1.807) is 0 Å². The van der Waals surface area contributed by atoms with Crippen molar-refractivity contribution in [2.45, 2.75) is 38.1 Å². The number of hydrogen-bond acceptors (Lipinski definition) is 2. The Bertz CT molecular complexity index is 329. The minimum Gasteiger partial charge on any atom is -0.249 e. The van der Waals surface area contributed by atoms with E-state index in [1.165, 1.54) is 32.1 Å². The molecular weight excluding hydrogens is 186 g/mol.